The molecular weight excluding hydrogens is 332 g/mol. The van der Waals surface area contributed by atoms with Gasteiger partial charge in [-0.1, -0.05) is 29.3 Å². The van der Waals surface area contributed by atoms with Crippen molar-refractivity contribution in [1.29, 1.82) is 0 Å². The number of piperidine rings is 1. The summed E-state index contributed by atoms with van der Waals surface area (Å²) in [6.45, 7) is 5.06. The van der Waals surface area contributed by atoms with Crippen molar-refractivity contribution in [3.05, 3.63) is 22.2 Å². The minimum absolute atomic E-state index is 0.0249. The highest BCUT2D eigenvalue weighted by molar-refractivity contribution is 9.10. The smallest absolute Gasteiger partial charge is 0.241 e. The fraction of sp³-hybridized carbons (Fsp3) is 0.562. The fourth-order valence-corrected chi connectivity index (χ4v) is 3.36. The van der Waals surface area contributed by atoms with Gasteiger partial charge in [0.2, 0.25) is 5.91 Å². The number of hydrogen-bond acceptors (Lipinski definition) is 3. The van der Waals surface area contributed by atoms with Crippen LogP contribution in [-0.4, -0.2) is 25.6 Å². The Kier molecular flexibility index (Phi) is 5.65. The normalized spacial score (nSPS) is 21.9. The second-order valence-electron chi connectivity index (χ2n) is 5.59. The van der Waals surface area contributed by atoms with Crippen molar-refractivity contribution in [2.75, 3.05) is 19.0 Å². The van der Waals surface area contributed by atoms with Crippen LogP contribution in [0.1, 0.15) is 31.7 Å². The molecule has 1 aliphatic rings. The molecule has 2 rings (SSSR count). The average molecular weight is 355 g/mol. The van der Waals surface area contributed by atoms with Gasteiger partial charge >= 0.3 is 0 Å². The van der Waals surface area contributed by atoms with Crippen molar-refractivity contribution in [3.63, 3.8) is 0 Å². The minimum Gasteiger partial charge on any atom is -0.495 e. The zero-order valence-corrected chi connectivity index (χ0v) is 14.4. The van der Waals surface area contributed by atoms with E-state index in [-0.39, 0.29) is 11.9 Å². The Labute approximate surface area is 134 Å². The number of carbonyl (C=O) groups excluding carboxylic acids is 1. The van der Waals surface area contributed by atoms with Gasteiger partial charge in [-0.05, 0) is 49.9 Å². The number of benzene rings is 1. The summed E-state index contributed by atoms with van der Waals surface area (Å²) >= 11 is 3.44. The first-order valence-corrected chi connectivity index (χ1v) is 8.22. The molecule has 1 heterocycles. The summed E-state index contributed by atoms with van der Waals surface area (Å²) in [6, 6.07) is 3.73. The summed E-state index contributed by atoms with van der Waals surface area (Å²) in [4.78, 5) is 12.5. The van der Waals surface area contributed by atoms with Gasteiger partial charge in [0.1, 0.15) is 5.75 Å². The van der Waals surface area contributed by atoms with Gasteiger partial charge in [-0.3, -0.25) is 4.79 Å². The lowest BCUT2D eigenvalue weighted by molar-refractivity contribution is -0.119. The van der Waals surface area contributed by atoms with Crippen LogP contribution in [0.15, 0.2) is 16.6 Å². The number of amides is 1. The summed E-state index contributed by atoms with van der Waals surface area (Å²) in [5, 5.41) is 6.33. The molecule has 1 fully saturated rings. The van der Waals surface area contributed by atoms with Crippen molar-refractivity contribution >= 4 is 27.5 Å². The Morgan fingerprint density at radius 1 is 1.52 bits per heavy atom. The van der Waals surface area contributed by atoms with Crippen molar-refractivity contribution in [2.45, 2.75) is 39.2 Å². The molecule has 4 nitrogen and oxygen atoms in total. The van der Waals surface area contributed by atoms with Crippen LogP contribution in [0.25, 0.3) is 0 Å². The Morgan fingerprint density at radius 2 is 2.29 bits per heavy atom. The number of methoxy groups -OCH3 is 1. The molecule has 0 aliphatic carbocycles. The first-order valence-electron chi connectivity index (χ1n) is 7.43. The number of carbonyl (C=O) groups is 1. The molecule has 1 saturated heterocycles. The van der Waals surface area contributed by atoms with Gasteiger partial charge < -0.3 is 15.4 Å². The first kappa shape index (κ1) is 16.3. The summed E-state index contributed by atoms with van der Waals surface area (Å²) in [7, 11) is 1.61. The minimum atomic E-state index is -0.114. The molecule has 1 amide bonds. The van der Waals surface area contributed by atoms with Crippen LogP contribution < -0.4 is 15.4 Å². The molecule has 0 saturated carbocycles. The summed E-state index contributed by atoms with van der Waals surface area (Å²) in [6.07, 6.45) is 3.19. The van der Waals surface area contributed by atoms with E-state index in [4.69, 9.17) is 4.74 Å². The van der Waals surface area contributed by atoms with Crippen molar-refractivity contribution < 1.29 is 9.53 Å². The van der Waals surface area contributed by atoms with Gasteiger partial charge in [0.25, 0.3) is 0 Å². The van der Waals surface area contributed by atoms with E-state index in [1.807, 2.05) is 19.1 Å². The van der Waals surface area contributed by atoms with E-state index in [1.165, 1.54) is 0 Å². The largest absolute Gasteiger partial charge is 0.495 e. The van der Waals surface area contributed by atoms with E-state index in [9.17, 15) is 4.79 Å². The molecule has 5 heteroatoms. The molecule has 21 heavy (non-hydrogen) atoms. The number of anilines is 1. The Balaban J connectivity index is 2.12. The summed E-state index contributed by atoms with van der Waals surface area (Å²) < 4.78 is 6.31. The monoisotopic (exact) mass is 354 g/mol. The average Bonchev–Trinajstić information content (AvgIpc) is 2.49. The number of aryl methyl sites for hydroxylation is 1. The zero-order valence-electron chi connectivity index (χ0n) is 12.8. The topological polar surface area (TPSA) is 50.4 Å². The van der Waals surface area contributed by atoms with Crippen LogP contribution in [0.4, 0.5) is 5.69 Å². The van der Waals surface area contributed by atoms with E-state index in [1.54, 1.807) is 7.11 Å². The second kappa shape index (κ2) is 7.27. The molecule has 0 bridgehead atoms. The SMILES string of the molecule is CCC1CCNC(C(=O)Nc2c(C)cc(Br)cc2OC)C1. The van der Waals surface area contributed by atoms with Gasteiger partial charge in [-0.15, -0.1) is 0 Å². The third-order valence-electron chi connectivity index (χ3n) is 4.14. The van der Waals surface area contributed by atoms with Crippen molar-refractivity contribution in [2.24, 2.45) is 5.92 Å². The van der Waals surface area contributed by atoms with E-state index in [2.05, 4.69) is 33.5 Å². The lowest BCUT2D eigenvalue weighted by atomic mass is 9.90. The first-order chi connectivity index (χ1) is 10.0. The lowest BCUT2D eigenvalue weighted by Crippen LogP contribution is -2.46. The van der Waals surface area contributed by atoms with E-state index in [0.29, 0.717) is 11.7 Å². The summed E-state index contributed by atoms with van der Waals surface area (Å²) in [5.41, 5.74) is 1.74. The van der Waals surface area contributed by atoms with Gasteiger partial charge in [0, 0.05) is 4.47 Å². The molecule has 1 aliphatic heterocycles. The second-order valence-corrected chi connectivity index (χ2v) is 6.51. The van der Waals surface area contributed by atoms with E-state index >= 15 is 0 Å². The zero-order chi connectivity index (χ0) is 15.4. The molecule has 2 N–H and O–H groups in total. The molecule has 0 aromatic heterocycles. The number of halogens is 1. The Morgan fingerprint density at radius 3 is 2.95 bits per heavy atom. The predicted octanol–water partition coefficient (Wildman–Crippen LogP) is 3.48. The highest BCUT2D eigenvalue weighted by atomic mass is 79.9. The van der Waals surface area contributed by atoms with Gasteiger partial charge in [0.15, 0.2) is 0 Å². The quantitative estimate of drug-likeness (QED) is 0.869. The molecule has 1 aromatic carbocycles. The van der Waals surface area contributed by atoms with Gasteiger partial charge in [-0.2, -0.15) is 0 Å². The van der Waals surface area contributed by atoms with Crippen LogP contribution in [0.5, 0.6) is 5.75 Å². The molecular formula is C16H23BrN2O2. The Bertz CT molecular complexity index is 519. The van der Waals surface area contributed by atoms with Crippen LogP contribution in [0.3, 0.4) is 0 Å². The highest BCUT2D eigenvalue weighted by Crippen LogP contribution is 2.32. The highest BCUT2D eigenvalue weighted by Gasteiger charge is 2.26. The number of nitrogens with one attached hydrogen (secondary N) is 2. The third kappa shape index (κ3) is 3.98. The molecule has 0 spiro atoms. The van der Waals surface area contributed by atoms with E-state index in [0.717, 1.165) is 41.5 Å². The van der Waals surface area contributed by atoms with Gasteiger partial charge in [-0.25, -0.2) is 0 Å². The molecule has 0 radical (unpaired) electrons. The van der Waals surface area contributed by atoms with Crippen LogP contribution in [0, 0.1) is 12.8 Å². The van der Waals surface area contributed by atoms with Gasteiger partial charge in [0.05, 0.1) is 18.8 Å². The van der Waals surface area contributed by atoms with E-state index < -0.39 is 0 Å². The fourth-order valence-electron chi connectivity index (χ4n) is 2.81. The standard InChI is InChI=1S/C16H23BrN2O2/c1-4-11-5-6-18-13(8-11)16(20)19-15-10(2)7-12(17)9-14(15)21-3/h7,9,11,13,18H,4-6,8H2,1-3H3,(H,19,20). The third-order valence-corrected chi connectivity index (χ3v) is 4.60. The number of rotatable bonds is 4. The number of hydrogen-bond donors (Lipinski definition) is 2. The molecule has 2 atom stereocenters. The van der Waals surface area contributed by atoms with Crippen molar-refractivity contribution in [1.82, 2.24) is 5.32 Å². The van der Waals surface area contributed by atoms with Crippen LogP contribution in [-0.2, 0) is 4.79 Å². The molecule has 1 aromatic rings. The molecule has 116 valence electrons. The van der Waals surface area contributed by atoms with Crippen LogP contribution in [0.2, 0.25) is 0 Å². The maximum absolute atomic E-state index is 12.5. The molecule has 2 unspecified atom stereocenters. The maximum Gasteiger partial charge on any atom is 0.241 e. The van der Waals surface area contributed by atoms with Crippen LogP contribution >= 0.6 is 15.9 Å². The maximum atomic E-state index is 12.5. The Hall–Kier alpha value is -1.07. The summed E-state index contributed by atoms with van der Waals surface area (Å²) in [5.74, 6) is 1.34. The van der Waals surface area contributed by atoms with Crippen molar-refractivity contribution in [3.8, 4) is 5.75 Å². The predicted molar refractivity (Wildman–Crippen MR) is 88.9 cm³/mol. The lowest BCUT2D eigenvalue weighted by Gasteiger charge is -2.29. The number of ether oxygens (including phenoxy) is 1.